The molecule has 0 fully saturated rings. The molecule has 0 spiro atoms. The van der Waals surface area contributed by atoms with Crippen molar-refractivity contribution in [2.45, 2.75) is 6.42 Å². The van der Waals surface area contributed by atoms with Crippen LogP contribution < -0.4 is 5.32 Å². The molecule has 0 unspecified atom stereocenters. The third kappa shape index (κ3) is 3.18. The van der Waals surface area contributed by atoms with Gasteiger partial charge in [-0.25, -0.2) is 14.4 Å². The van der Waals surface area contributed by atoms with Gasteiger partial charge in [0, 0.05) is 6.54 Å². The van der Waals surface area contributed by atoms with Crippen molar-refractivity contribution < 1.29 is 9.31 Å². The Morgan fingerprint density at radius 3 is 2.80 bits per heavy atom. The van der Waals surface area contributed by atoms with Crippen LogP contribution in [0.3, 0.4) is 0 Å². The molecule has 0 amide bonds. The predicted molar refractivity (Wildman–Crippen MR) is 72.3 cm³/mol. The number of nitrogens with one attached hydrogen (secondary N) is 1. The van der Waals surface area contributed by atoms with E-state index in [0.717, 1.165) is 6.33 Å². The second-order valence-electron chi connectivity index (χ2n) is 3.89. The fourth-order valence-corrected chi connectivity index (χ4v) is 1.87. The summed E-state index contributed by atoms with van der Waals surface area (Å²) in [5.74, 6) is -0.296. The van der Waals surface area contributed by atoms with Gasteiger partial charge in [0.05, 0.1) is 4.92 Å². The van der Waals surface area contributed by atoms with Gasteiger partial charge in [0.25, 0.3) is 0 Å². The predicted octanol–water partition coefficient (Wildman–Crippen LogP) is 2.83. The summed E-state index contributed by atoms with van der Waals surface area (Å²) in [6, 6.07) is 6.33. The topological polar surface area (TPSA) is 81.0 Å². The summed E-state index contributed by atoms with van der Waals surface area (Å²) in [5, 5.41) is 13.4. The van der Waals surface area contributed by atoms with Crippen LogP contribution in [0.15, 0.2) is 30.6 Å². The van der Waals surface area contributed by atoms with E-state index in [2.05, 4.69) is 15.3 Å². The lowest BCUT2D eigenvalue weighted by Gasteiger charge is -2.07. The number of aromatic nitrogens is 2. The molecule has 104 valence electrons. The van der Waals surface area contributed by atoms with E-state index in [1.807, 2.05) is 0 Å². The van der Waals surface area contributed by atoms with Gasteiger partial charge in [0.2, 0.25) is 11.0 Å². The fraction of sp³-hybridized carbons (Fsp3) is 0.167. The normalized spacial score (nSPS) is 10.3. The molecule has 1 N–H and O–H groups in total. The standard InChI is InChI=1S/C12H10ClFN4O2/c13-11-10(18(19)20)12(17-7-16-11)15-6-5-8-3-1-2-4-9(8)14/h1-4,7H,5-6H2,(H,15,16,17). The van der Waals surface area contributed by atoms with Crippen LogP contribution in [0.2, 0.25) is 5.15 Å². The zero-order valence-electron chi connectivity index (χ0n) is 10.2. The molecule has 1 heterocycles. The Bertz CT molecular complexity index is 639. The molecule has 1 aromatic carbocycles. The summed E-state index contributed by atoms with van der Waals surface area (Å²) in [6.07, 6.45) is 1.49. The van der Waals surface area contributed by atoms with Crippen molar-refractivity contribution in [1.29, 1.82) is 0 Å². The largest absolute Gasteiger partial charge is 0.364 e. The molecule has 8 heteroatoms. The van der Waals surface area contributed by atoms with Crippen molar-refractivity contribution in [2.75, 3.05) is 11.9 Å². The van der Waals surface area contributed by atoms with Crippen LogP contribution in [0, 0.1) is 15.9 Å². The number of benzene rings is 1. The van der Waals surface area contributed by atoms with Crippen molar-refractivity contribution in [2.24, 2.45) is 0 Å². The lowest BCUT2D eigenvalue weighted by Crippen LogP contribution is -2.10. The van der Waals surface area contributed by atoms with Crippen LogP contribution in [0.25, 0.3) is 0 Å². The fourth-order valence-electron chi connectivity index (χ4n) is 1.67. The molecule has 0 aliphatic carbocycles. The third-order valence-corrected chi connectivity index (χ3v) is 2.88. The van der Waals surface area contributed by atoms with Crippen molar-refractivity contribution >= 4 is 23.1 Å². The minimum atomic E-state index is -0.659. The molecule has 20 heavy (non-hydrogen) atoms. The highest BCUT2D eigenvalue weighted by molar-refractivity contribution is 6.31. The molecule has 0 radical (unpaired) electrons. The number of rotatable bonds is 5. The van der Waals surface area contributed by atoms with Gasteiger partial charge in [-0.15, -0.1) is 0 Å². The first-order chi connectivity index (χ1) is 9.59. The second-order valence-corrected chi connectivity index (χ2v) is 4.25. The van der Waals surface area contributed by atoms with Crippen LogP contribution in [0.1, 0.15) is 5.56 Å². The second kappa shape index (κ2) is 6.25. The minimum absolute atomic E-state index is 0.0198. The van der Waals surface area contributed by atoms with E-state index in [1.165, 1.54) is 6.07 Å². The maximum absolute atomic E-state index is 13.4. The Kier molecular flexibility index (Phi) is 4.41. The quantitative estimate of drug-likeness (QED) is 0.521. The Balaban J connectivity index is 2.07. The molecule has 0 saturated carbocycles. The molecule has 2 aromatic rings. The molecule has 0 saturated heterocycles. The first-order valence-electron chi connectivity index (χ1n) is 5.71. The number of nitro groups is 1. The van der Waals surface area contributed by atoms with Crippen molar-refractivity contribution in [3.05, 3.63) is 57.2 Å². The number of nitrogens with zero attached hydrogens (tertiary/aromatic N) is 3. The van der Waals surface area contributed by atoms with E-state index in [4.69, 9.17) is 11.6 Å². The van der Waals surface area contributed by atoms with Crippen LogP contribution in [0.4, 0.5) is 15.9 Å². The lowest BCUT2D eigenvalue weighted by atomic mass is 10.1. The Morgan fingerprint density at radius 2 is 2.10 bits per heavy atom. The van der Waals surface area contributed by atoms with Gasteiger partial charge in [-0.3, -0.25) is 10.1 Å². The first-order valence-corrected chi connectivity index (χ1v) is 6.09. The molecular weight excluding hydrogens is 287 g/mol. The molecule has 0 aliphatic heterocycles. The number of hydrogen-bond acceptors (Lipinski definition) is 5. The van der Waals surface area contributed by atoms with E-state index in [-0.39, 0.29) is 29.0 Å². The van der Waals surface area contributed by atoms with Gasteiger partial charge < -0.3 is 5.32 Å². The monoisotopic (exact) mass is 296 g/mol. The number of halogens is 2. The highest BCUT2D eigenvalue weighted by Gasteiger charge is 2.21. The van der Waals surface area contributed by atoms with E-state index < -0.39 is 4.92 Å². The molecule has 0 atom stereocenters. The SMILES string of the molecule is O=[N+]([O-])c1c(Cl)ncnc1NCCc1ccccc1F. The van der Waals surface area contributed by atoms with Gasteiger partial charge in [0.1, 0.15) is 12.1 Å². The van der Waals surface area contributed by atoms with Gasteiger partial charge in [-0.2, -0.15) is 0 Å². The summed E-state index contributed by atoms with van der Waals surface area (Å²) in [4.78, 5) is 17.5. The summed E-state index contributed by atoms with van der Waals surface area (Å²) >= 11 is 5.65. The zero-order valence-corrected chi connectivity index (χ0v) is 11.0. The summed E-state index contributed by atoms with van der Waals surface area (Å²) in [5.41, 5.74) is 0.130. The van der Waals surface area contributed by atoms with Crippen molar-refractivity contribution in [3.8, 4) is 0 Å². The maximum atomic E-state index is 13.4. The third-order valence-electron chi connectivity index (χ3n) is 2.60. The molecule has 0 bridgehead atoms. The average Bonchev–Trinajstić information content (AvgIpc) is 2.40. The van der Waals surface area contributed by atoms with Gasteiger partial charge in [-0.05, 0) is 18.1 Å². The van der Waals surface area contributed by atoms with Crippen LogP contribution in [-0.4, -0.2) is 21.4 Å². The van der Waals surface area contributed by atoms with E-state index in [0.29, 0.717) is 12.0 Å². The van der Waals surface area contributed by atoms with Crippen molar-refractivity contribution in [3.63, 3.8) is 0 Å². The Hall–Kier alpha value is -2.28. The van der Waals surface area contributed by atoms with Crippen molar-refractivity contribution in [1.82, 2.24) is 9.97 Å². The molecular formula is C12H10ClFN4O2. The smallest absolute Gasteiger partial charge is 0.348 e. The molecule has 1 aromatic heterocycles. The highest BCUT2D eigenvalue weighted by atomic mass is 35.5. The first kappa shape index (κ1) is 14.1. The van der Waals surface area contributed by atoms with Gasteiger partial charge in [-0.1, -0.05) is 29.8 Å². The van der Waals surface area contributed by atoms with Gasteiger partial charge in [0.15, 0.2) is 0 Å². The summed E-state index contributed by atoms with van der Waals surface area (Å²) < 4.78 is 13.4. The minimum Gasteiger partial charge on any atom is -0.364 e. The Labute approximate surface area is 118 Å². The van der Waals surface area contributed by atoms with Crippen LogP contribution >= 0.6 is 11.6 Å². The summed E-state index contributed by atoms with van der Waals surface area (Å²) in [6.45, 7) is 0.287. The Morgan fingerprint density at radius 1 is 1.35 bits per heavy atom. The number of anilines is 1. The zero-order chi connectivity index (χ0) is 14.5. The van der Waals surface area contributed by atoms with Crippen LogP contribution in [0.5, 0.6) is 0 Å². The van der Waals surface area contributed by atoms with Gasteiger partial charge >= 0.3 is 5.69 Å². The van der Waals surface area contributed by atoms with E-state index in [1.54, 1.807) is 18.2 Å². The number of hydrogen-bond donors (Lipinski definition) is 1. The van der Waals surface area contributed by atoms with E-state index in [9.17, 15) is 14.5 Å². The molecule has 2 rings (SSSR count). The summed E-state index contributed by atoms with van der Waals surface area (Å²) in [7, 11) is 0. The van der Waals surface area contributed by atoms with Crippen LogP contribution in [-0.2, 0) is 6.42 Å². The maximum Gasteiger partial charge on any atom is 0.348 e. The highest BCUT2D eigenvalue weighted by Crippen LogP contribution is 2.28. The molecule has 0 aliphatic rings. The van der Waals surface area contributed by atoms with E-state index >= 15 is 0 Å². The molecule has 6 nitrogen and oxygen atoms in total. The average molecular weight is 297 g/mol. The lowest BCUT2D eigenvalue weighted by molar-refractivity contribution is -0.384.